The van der Waals surface area contributed by atoms with E-state index in [4.69, 9.17) is 9.84 Å². The largest absolute Gasteiger partial charge is 0.497 e. The molecular formula is C16H16N2O4. The summed E-state index contributed by atoms with van der Waals surface area (Å²) in [6.07, 6.45) is 3.09. The molecule has 1 aliphatic rings. The first kappa shape index (κ1) is 14.3. The Balaban J connectivity index is 2.26. The molecule has 0 radical (unpaired) electrons. The van der Waals surface area contributed by atoms with Crippen LogP contribution in [0.1, 0.15) is 40.5 Å². The average molecular weight is 300 g/mol. The molecule has 1 aromatic carbocycles. The zero-order chi connectivity index (χ0) is 15.9. The third-order valence-electron chi connectivity index (χ3n) is 3.81. The van der Waals surface area contributed by atoms with Crippen molar-refractivity contribution in [3.8, 4) is 11.4 Å². The Morgan fingerprint density at radius 2 is 2.14 bits per heavy atom. The third kappa shape index (κ3) is 2.36. The van der Waals surface area contributed by atoms with Gasteiger partial charge in [-0.05, 0) is 43.5 Å². The standard InChI is InChI=1S/C16H16N2O4/c1-9-7-11(22-2)5-6-13(9)18-14(10-3-4-10)17-8-12(15(18)19)16(20)21/h5-8,10H,3-4H2,1-2H3,(H,20,21). The summed E-state index contributed by atoms with van der Waals surface area (Å²) >= 11 is 0. The van der Waals surface area contributed by atoms with Gasteiger partial charge in [-0.15, -0.1) is 0 Å². The Bertz CT molecular complexity index is 806. The monoisotopic (exact) mass is 300 g/mol. The van der Waals surface area contributed by atoms with Crippen LogP contribution in [0.15, 0.2) is 29.2 Å². The van der Waals surface area contributed by atoms with Crippen molar-refractivity contribution in [2.45, 2.75) is 25.7 Å². The maximum absolute atomic E-state index is 12.6. The summed E-state index contributed by atoms with van der Waals surface area (Å²) in [6.45, 7) is 1.86. The summed E-state index contributed by atoms with van der Waals surface area (Å²) in [5.41, 5.74) is 0.605. The molecule has 0 aliphatic heterocycles. The fourth-order valence-corrected chi connectivity index (χ4v) is 2.48. The number of hydrogen-bond acceptors (Lipinski definition) is 4. The molecule has 1 N–H and O–H groups in total. The van der Waals surface area contributed by atoms with Gasteiger partial charge in [0.05, 0.1) is 12.8 Å². The molecule has 2 aromatic rings. The summed E-state index contributed by atoms with van der Waals surface area (Å²) in [7, 11) is 1.57. The SMILES string of the molecule is COc1ccc(-n2c(C3CC3)ncc(C(=O)O)c2=O)c(C)c1. The van der Waals surface area contributed by atoms with Crippen LogP contribution in [0.5, 0.6) is 5.75 Å². The van der Waals surface area contributed by atoms with Gasteiger partial charge in [0.15, 0.2) is 0 Å². The number of aromatic carboxylic acids is 1. The molecule has 114 valence electrons. The first-order valence-corrected chi connectivity index (χ1v) is 7.03. The number of aryl methyl sites for hydroxylation is 1. The molecule has 0 atom stereocenters. The summed E-state index contributed by atoms with van der Waals surface area (Å²) in [4.78, 5) is 28.0. The van der Waals surface area contributed by atoms with Gasteiger partial charge in [0.2, 0.25) is 0 Å². The predicted molar refractivity (Wildman–Crippen MR) is 80.1 cm³/mol. The lowest BCUT2D eigenvalue weighted by Crippen LogP contribution is -2.29. The molecule has 1 heterocycles. The Labute approximate surface area is 127 Å². The van der Waals surface area contributed by atoms with Crippen LogP contribution < -0.4 is 10.3 Å². The molecule has 0 spiro atoms. The van der Waals surface area contributed by atoms with Crippen LogP contribution in [0.25, 0.3) is 5.69 Å². The highest BCUT2D eigenvalue weighted by molar-refractivity contribution is 5.86. The molecule has 3 rings (SSSR count). The van der Waals surface area contributed by atoms with Gasteiger partial charge < -0.3 is 9.84 Å². The first-order chi connectivity index (χ1) is 10.5. The first-order valence-electron chi connectivity index (χ1n) is 7.03. The second-order valence-corrected chi connectivity index (χ2v) is 5.40. The number of methoxy groups -OCH3 is 1. The molecular weight excluding hydrogens is 284 g/mol. The number of aromatic nitrogens is 2. The fourth-order valence-electron chi connectivity index (χ4n) is 2.48. The number of nitrogens with zero attached hydrogens (tertiary/aromatic N) is 2. The molecule has 1 aromatic heterocycles. The van der Waals surface area contributed by atoms with Crippen LogP contribution in [0.3, 0.4) is 0 Å². The van der Waals surface area contributed by atoms with Gasteiger partial charge in [0.1, 0.15) is 17.1 Å². The molecule has 0 bridgehead atoms. The number of carboxylic acids is 1. The number of rotatable bonds is 4. The van der Waals surface area contributed by atoms with Crippen molar-refractivity contribution < 1.29 is 14.6 Å². The van der Waals surface area contributed by atoms with E-state index in [-0.39, 0.29) is 11.5 Å². The summed E-state index contributed by atoms with van der Waals surface area (Å²) < 4.78 is 6.60. The Kier molecular flexibility index (Phi) is 3.44. The molecule has 0 saturated heterocycles. The van der Waals surface area contributed by atoms with Gasteiger partial charge in [-0.25, -0.2) is 9.78 Å². The minimum Gasteiger partial charge on any atom is -0.497 e. The van der Waals surface area contributed by atoms with Crippen LogP contribution in [-0.4, -0.2) is 27.7 Å². The van der Waals surface area contributed by atoms with Crippen molar-refractivity contribution in [3.05, 3.63) is 51.7 Å². The van der Waals surface area contributed by atoms with Crippen LogP contribution in [0.2, 0.25) is 0 Å². The van der Waals surface area contributed by atoms with Crippen molar-refractivity contribution in [1.82, 2.24) is 9.55 Å². The number of benzene rings is 1. The van der Waals surface area contributed by atoms with Crippen LogP contribution in [0, 0.1) is 6.92 Å². The zero-order valence-corrected chi connectivity index (χ0v) is 12.4. The number of carbonyl (C=O) groups is 1. The normalized spacial score (nSPS) is 13.9. The summed E-state index contributed by atoms with van der Waals surface area (Å²) in [5, 5.41) is 9.16. The van der Waals surface area contributed by atoms with E-state index >= 15 is 0 Å². The topological polar surface area (TPSA) is 81.4 Å². The smallest absolute Gasteiger partial charge is 0.342 e. The second kappa shape index (κ2) is 5.29. The number of hydrogen-bond donors (Lipinski definition) is 1. The minimum absolute atomic E-state index is 0.219. The molecule has 1 saturated carbocycles. The van der Waals surface area contributed by atoms with Crippen LogP contribution in [0.4, 0.5) is 0 Å². The van der Waals surface area contributed by atoms with Crippen LogP contribution >= 0.6 is 0 Å². The lowest BCUT2D eigenvalue weighted by molar-refractivity contribution is 0.0694. The number of ether oxygens (including phenoxy) is 1. The van der Waals surface area contributed by atoms with Gasteiger partial charge in [-0.3, -0.25) is 9.36 Å². The highest BCUT2D eigenvalue weighted by Crippen LogP contribution is 2.39. The van der Waals surface area contributed by atoms with E-state index in [2.05, 4.69) is 4.98 Å². The maximum atomic E-state index is 12.6. The quantitative estimate of drug-likeness (QED) is 0.935. The predicted octanol–water partition coefficient (Wildman–Crippen LogP) is 2.13. The van der Waals surface area contributed by atoms with Gasteiger partial charge in [-0.2, -0.15) is 0 Å². The van der Waals surface area contributed by atoms with Gasteiger partial charge in [0.25, 0.3) is 5.56 Å². The van der Waals surface area contributed by atoms with Gasteiger partial charge >= 0.3 is 5.97 Å². The average Bonchev–Trinajstić information content (AvgIpc) is 3.31. The Hall–Kier alpha value is -2.63. The molecule has 0 amide bonds. The van der Waals surface area contributed by atoms with Crippen molar-refractivity contribution in [3.63, 3.8) is 0 Å². The molecule has 1 fully saturated rings. The van der Waals surface area contributed by atoms with E-state index < -0.39 is 11.5 Å². The highest BCUT2D eigenvalue weighted by atomic mass is 16.5. The van der Waals surface area contributed by atoms with Crippen molar-refractivity contribution in [2.24, 2.45) is 0 Å². The highest BCUT2D eigenvalue weighted by Gasteiger charge is 2.30. The molecule has 1 aliphatic carbocycles. The Morgan fingerprint density at radius 3 is 2.68 bits per heavy atom. The van der Waals surface area contributed by atoms with Crippen molar-refractivity contribution >= 4 is 5.97 Å². The lowest BCUT2D eigenvalue weighted by atomic mass is 10.1. The maximum Gasteiger partial charge on any atom is 0.342 e. The van der Waals surface area contributed by atoms with Gasteiger partial charge in [-0.1, -0.05) is 0 Å². The van der Waals surface area contributed by atoms with E-state index in [9.17, 15) is 9.59 Å². The Morgan fingerprint density at radius 1 is 1.41 bits per heavy atom. The van der Waals surface area contributed by atoms with Gasteiger partial charge in [0, 0.05) is 12.1 Å². The zero-order valence-electron chi connectivity index (χ0n) is 12.4. The fraction of sp³-hybridized carbons (Fsp3) is 0.312. The second-order valence-electron chi connectivity index (χ2n) is 5.40. The molecule has 6 heteroatoms. The lowest BCUT2D eigenvalue weighted by Gasteiger charge is -2.15. The summed E-state index contributed by atoms with van der Waals surface area (Å²) in [6, 6.07) is 5.32. The summed E-state index contributed by atoms with van der Waals surface area (Å²) in [5.74, 6) is 0.268. The van der Waals surface area contributed by atoms with E-state index in [1.807, 2.05) is 13.0 Å². The van der Waals surface area contributed by atoms with Crippen LogP contribution in [-0.2, 0) is 0 Å². The van der Waals surface area contributed by atoms with E-state index in [0.29, 0.717) is 17.3 Å². The van der Waals surface area contributed by atoms with E-state index in [0.717, 1.165) is 24.6 Å². The minimum atomic E-state index is -1.26. The third-order valence-corrected chi connectivity index (χ3v) is 3.81. The van der Waals surface area contributed by atoms with Crippen molar-refractivity contribution in [2.75, 3.05) is 7.11 Å². The molecule has 22 heavy (non-hydrogen) atoms. The van der Waals surface area contributed by atoms with E-state index in [1.165, 1.54) is 4.57 Å². The van der Waals surface area contributed by atoms with E-state index in [1.54, 1.807) is 19.2 Å². The molecule has 0 unspecified atom stereocenters. The van der Waals surface area contributed by atoms with Crippen molar-refractivity contribution in [1.29, 1.82) is 0 Å². The number of carboxylic acid groups (broad SMARTS) is 1. The molecule has 6 nitrogen and oxygen atoms in total.